The van der Waals surface area contributed by atoms with Gasteiger partial charge in [-0.3, -0.25) is 0 Å². The number of esters is 1. The largest absolute Gasteiger partial charge is 0.465 e. The van der Waals surface area contributed by atoms with Gasteiger partial charge in [-0.1, -0.05) is 0 Å². The zero-order chi connectivity index (χ0) is 14.8. The summed E-state index contributed by atoms with van der Waals surface area (Å²) in [7, 11) is 1.24. The molecular weight excluding hydrogens is 277 g/mol. The molecule has 1 fully saturated rings. The predicted molar refractivity (Wildman–Crippen MR) is 63.6 cm³/mol. The summed E-state index contributed by atoms with van der Waals surface area (Å²) in [6.45, 7) is -0.0180. The van der Waals surface area contributed by atoms with Crippen molar-refractivity contribution in [3.8, 4) is 0 Å². The Labute approximate surface area is 113 Å². The van der Waals surface area contributed by atoms with Crippen LogP contribution in [0.25, 0.3) is 0 Å². The van der Waals surface area contributed by atoms with E-state index >= 15 is 0 Å². The van der Waals surface area contributed by atoms with E-state index in [2.05, 4.69) is 9.72 Å². The number of hydrogen-bond acceptors (Lipinski definition) is 5. The van der Waals surface area contributed by atoms with Crippen LogP contribution in [-0.4, -0.2) is 50.0 Å². The molecule has 1 aromatic rings. The van der Waals surface area contributed by atoms with Crippen molar-refractivity contribution in [2.45, 2.75) is 12.3 Å². The zero-order valence-corrected chi connectivity index (χ0v) is 10.7. The van der Waals surface area contributed by atoms with Crippen LogP contribution in [0.5, 0.6) is 0 Å². The van der Waals surface area contributed by atoms with E-state index in [-0.39, 0.29) is 18.7 Å². The van der Waals surface area contributed by atoms with Gasteiger partial charge >= 0.3 is 12.1 Å². The Hall–Kier alpha value is -1.83. The number of anilines is 1. The number of rotatable bonds is 2. The maximum Gasteiger partial charge on any atom is 0.416 e. The van der Waals surface area contributed by atoms with Gasteiger partial charge < -0.3 is 14.4 Å². The lowest BCUT2D eigenvalue weighted by Gasteiger charge is -2.34. The van der Waals surface area contributed by atoms with Crippen LogP contribution in [0.4, 0.5) is 19.0 Å². The third-order valence-corrected chi connectivity index (χ3v) is 2.92. The third-order valence-electron chi connectivity index (χ3n) is 2.92. The fourth-order valence-electron chi connectivity index (χ4n) is 1.87. The van der Waals surface area contributed by atoms with Crippen molar-refractivity contribution in [3.63, 3.8) is 0 Å². The number of carbonyl (C=O) groups is 1. The van der Waals surface area contributed by atoms with Crippen LogP contribution < -0.4 is 4.90 Å². The van der Waals surface area contributed by atoms with Crippen molar-refractivity contribution in [3.05, 3.63) is 23.9 Å². The number of carbonyl (C=O) groups excluding carboxylic acids is 1. The Balaban J connectivity index is 2.09. The quantitative estimate of drug-likeness (QED) is 0.775. The first-order chi connectivity index (χ1) is 9.41. The van der Waals surface area contributed by atoms with E-state index in [9.17, 15) is 18.0 Å². The Morgan fingerprint density at radius 1 is 1.50 bits per heavy atom. The van der Waals surface area contributed by atoms with E-state index in [0.29, 0.717) is 12.4 Å². The number of methoxy groups -OCH3 is 1. The van der Waals surface area contributed by atoms with Gasteiger partial charge in [0.1, 0.15) is 5.82 Å². The molecule has 0 amide bonds. The molecule has 1 atom stereocenters. The topological polar surface area (TPSA) is 51.7 Å². The minimum atomic E-state index is -4.40. The van der Waals surface area contributed by atoms with Crippen LogP contribution in [0.2, 0.25) is 0 Å². The highest BCUT2D eigenvalue weighted by molar-refractivity contribution is 5.89. The average Bonchev–Trinajstić information content (AvgIpc) is 2.46. The van der Waals surface area contributed by atoms with Gasteiger partial charge in [0.15, 0.2) is 6.10 Å². The monoisotopic (exact) mass is 290 g/mol. The normalized spacial score (nSPS) is 19.8. The molecule has 0 saturated carbocycles. The lowest BCUT2D eigenvalue weighted by atomic mass is 10.2. The molecule has 1 saturated heterocycles. The number of pyridine rings is 1. The number of alkyl halides is 3. The summed E-state index contributed by atoms with van der Waals surface area (Å²) >= 11 is 0. The smallest absolute Gasteiger partial charge is 0.416 e. The van der Waals surface area contributed by atoms with Crippen molar-refractivity contribution < 1.29 is 27.4 Å². The molecule has 1 aromatic heterocycles. The van der Waals surface area contributed by atoms with Crippen LogP contribution in [0.15, 0.2) is 18.3 Å². The van der Waals surface area contributed by atoms with E-state index < -0.39 is 18.2 Å². The minimum absolute atomic E-state index is 0.0232. The number of ether oxygens (including phenoxy) is 2. The van der Waals surface area contributed by atoms with Crippen molar-refractivity contribution in [1.29, 1.82) is 0 Å². The summed E-state index contributed by atoms with van der Waals surface area (Å²) in [4.78, 5) is 16.7. The van der Waals surface area contributed by atoms with Gasteiger partial charge in [0.2, 0.25) is 0 Å². The zero-order valence-electron chi connectivity index (χ0n) is 10.7. The molecule has 5 nitrogen and oxygen atoms in total. The van der Waals surface area contributed by atoms with Gasteiger partial charge in [-0.2, -0.15) is 13.2 Å². The van der Waals surface area contributed by atoms with Gasteiger partial charge in [-0.05, 0) is 12.1 Å². The SMILES string of the molecule is COC(=O)c1ccc(N2CCOC(C(F)(F)F)C2)nc1. The Bertz CT molecular complexity index is 476. The second-order valence-electron chi connectivity index (χ2n) is 4.24. The maximum atomic E-state index is 12.6. The van der Waals surface area contributed by atoms with Gasteiger partial charge in [0, 0.05) is 12.7 Å². The van der Waals surface area contributed by atoms with E-state index in [1.165, 1.54) is 30.3 Å². The van der Waals surface area contributed by atoms with Gasteiger partial charge in [0.05, 0.1) is 25.8 Å². The number of nitrogens with zero attached hydrogens (tertiary/aromatic N) is 2. The van der Waals surface area contributed by atoms with Gasteiger partial charge in [0.25, 0.3) is 0 Å². The number of halogens is 3. The third kappa shape index (κ3) is 3.19. The van der Waals surface area contributed by atoms with Crippen molar-refractivity contribution in [2.24, 2.45) is 0 Å². The molecule has 110 valence electrons. The molecule has 8 heteroatoms. The second-order valence-corrected chi connectivity index (χ2v) is 4.24. The molecule has 2 rings (SSSR count). The predicted octanol–water partition coefficient (Wildman–Crippen LogP) is 1.64. The summed E-state index contributed by atoms with van der Waals surface area (Å²) in [6, 6.07) is 2.96. The molecule has 20 heavy (non-hydrogen) atoms. The Morgan fingerprint density at radius 3 is 2.80 bits per heavy atom. The standard InChI is InChI=1S/C12H13F3N2O3/c1-19-11(18)8-2-3-10(16-6-8)17-4-5-20-9(7-17)12(13,14)15/h2-3,6,9H,4-5,7H2,1H3. The Morgan fingerprint density at radius 2 is 2.25 bits per heavy atom. The van der Waals surface area contributed by atoms with Crippen LogP contribution >= 0.6 is 0 Å². The fourth-order valence-corrected chi connectivity index (χ4v) is 1.87. The van der Waals surface area contributed by atoms with Gasteiger partial charge in [-0.25, -0.2) is 9.78 Å². The van der Waals surface area contributed by atoms with E-state index in [1.807, 2.05) is 0 Å². The lowest BCUT2D eigenvalue weighted by molar-refractivity contribution is -0.221. The lowest BCUT2D eigenvalue weighted by Crippen LogP contribution is -2.49. The van der Waals surface area contributed by atoms with Crippen molar-refractivity contribution in [2.75, 3.05) is 31.7 Å². The summed E-state index contributed by atoms with van der Waals surface area (Å²) in [5.41, 5.74) is 0.247. The molecule has 0 N–H and O–H groups in total. The summed E-state index contributed by atoms with van der Waals surface area (Å²) in [5.74, 6) is -0.172. The minimum Gasteiger partial charge on any atom is -0.465 e. The number of aromatic nitrogens is 1. The molecule has 0 aliphatic carbocycles. The molecule has 1 unspecified atom stereocenters. The van der Waals surface area contributed by atoms with Crippen LogP contribution in [0.3, 0.4) is 0 Å². The van der Waals surface area contributed by atoms with Crippen molar-refractivity contribution >= 4 is 11.8 Å². The molecule has 0 aromatic carbocycles. The summed E-state index contributed by atoms with van der Waals surface area (Å²) in [6.07, 6.45) is -4.94. The van der Waals surface area contributed by atoms with Crippen LogP contribution in [0, 0.1) is 0 Å². The molecule has 0 spiro atoms. The first-order valence-corrected chi connectivity index (χ1v) is 5.89. The van der Waals surface area contributed by atoms with E-state index in [4.69, 9.17) is 4.74 Å². The highest BCUT2D eigenvalue weighted by atomic mass is 19.4. The first-order valence-electron chi connectivity index (χ1n) is 5.89. The molecule has 0 bridgehead atoms. The highest BCUT2D eigenvalue weighted by Gasteiger charge is 2.43. The maximum absolute atomic E-state index is 12.6. The average molecular weight is 290 g/mol. The second kappa shape index (κ2) is 5.66. The Kier molecular flexibility index (Phi) is 4.12. The van der Waals surface area contributed by atoms with Gasteiger partial charge in [-0.15, -0.1) is 0 Å². The molecule has 2 heterocycles. The van der Waals surface area contributed by atoms with Crippen molar-refractivity contribution in [1.82, 2.24) is 4.98 Å². The molecule has 1 aliphatic heterocycles. The molecular formula is C12H13F3N2O3. The number of hydrogen-bond donors (Lipinski definition) is 0. The summed E-state index contributed by atoms with van der Waals surface area (Å²) in [5, 5.41) is 0. The van der Waals surface area contributed by atoms with E-state index in [1.54, 1.807) is 0 Å². The fraction of sp³-hybridized carbons (Fsp3) is 0.500. The highest BCUT2D eigenvalue weighted by Crippen LogP contribution is 2.27. The molecule has 1 aliphatic rings. The van der Waals surface area contributed by atoms with Crippen LogP contribution in [0.1, 0.15) is 10.4 Å². The molecule has 0 radical (unpaired) electrons. The first kappa shape index (κ1) is 14.6. The number of morpholine rings is 1. The summed E-state index contributed by atoms with van der Waals surface area (Å²) < 4.78 is 47.1. The van der Waals surface area contributed by atoms with Crippen LogP contribution in [-0.2, 0) is 9.47 Å². The van der Waals surface area contributed by atoms with E-state index in [0.717, 1.165) is 0 Å².